The van der Waals surface area contributed by atoms with Crippen LogP contribution in [0.15, 0.2) is 85.1 Å². The molecule has 1 heterocycles. The lowest BCUT2D eigenvalue weighted by Crippen LogP contribution is -2.35. The monoisotopic (exact) mass is 799 g/mol. The molecule has 0 aliphatic rings. The van der Waals surface area contributed by atoms with Crippen molar-refractivity contribution in [3.63, 3.8) is 0 Å². The van der Waals surface area contributed by atoms with Gasteiger partial charge in [-0.2, -0.15) is 0 Å². The normalized spacial score (nSPS) is 11.9. The highest BCUT2D eigenvalue weighted by molar-refractivity contribution is 7.92. The number of ether oxygens (including phenoxy) is 3. The van der Waals surface area contributed by atoms with E-state index in [0.29, 0.717) is 39.5 Å². The van der Waals surface area contributed by atoms with E-state index in [-0.39, 0.29) is 46.8 Å². The molecule has 0 saturated carbocycles. The molecule has 0 radical (unpaired) electrons. The van der Waals surface area contributed by atoms with Crippen LogP contribution in [0.5, 0.6) is 23.0 Å². The van der Waals surface area contributed by atoms with E-state index in [9.17, 15) is 22.8 Å². The number of fused-ring (bicyclic) bond motifs is 1. The molecule has 1 aromatic heterocycles. The van der Waals surface area contributed by atoms with Gasteiger partial charge in [0.15, 0.2) is 5.75 Å². The first-order chi connectivity index (χ1) is 26.9. The standard InChI is InChI=1S/C40H45N7O9S/c1-40(2,3)23-19-31(36(55-5)32(20-23)47-57(6,52)53)46-39(51)45-30-13-14-33(27-10-8-7-9-26(27)30)56-25-15-17-42-35(22-25)44-24-11-12-28(34(21-24)54-4)37(48)43-18-16-29(41)38(49)50/h7-15,17,19-22,29,47H,16,18,41H2,1-6H3,(H,42,44)(H,43,48)(H,49,50)(H2,45,46,51)/t29-/m0/s1. The second-order valence-corrected chi connectivity index (χ2v) is 15.7. The minimum atomic E-state index is -3.66. The van der Waals surface area contributed by atoms with Crippen LogP contribution in [0.2, 0.25) is 0 Å². The lowest BCUT2D eigenvalue weighted by Gasteiger charge is -2.24. The second kappa shape index (κ2) is 17.5. The Balaban J connectivity index is 1.32. The van der Waals surface area contributed by atoms with E-state index in [4.69, 9.17) is 25.1 Å². The number of nitrogens with zero attached hydrogens (tertiary/aromatic N) is 1. The molecule has 16 nitrogen and oxygen atoms in total. The number of methoxy groups -OCH3 is 2. The largest absolute Gasteiger partial charge is 0.496 e. The fraction of sp³-hybridized carbons (Fsp3) is 0.250. The summed E-state index contributed by atoms with van der Waals surface area (Å²) in [6.07, 6.45) is 2.68. The second-order valence-electron chi connectivity index (χ2n) is 14.0. The Hall–Kier alpha value is -6.59. The fourth-order valence-electron chi connectivity index (χ4n) is 5.73. The van der Waals surface area contributed by atoms with Gasteiger partial charge in [-0.1, -0.05) is 45.0 Å². The predicted molar refractivity (Wildman–Crippen MR) is 220 cm³/mol. The van der Waals surface area contributed by atoms with Crippen molar-refractivity contribution in [2.45, 2.75) is 38.6 Å². The maximum absolute atomic E-state index is 13.5. The molecule has 0 spiro atoms. The van der Waals surface area contributed by atoms with Gasteiger partial charge in [0.2, 0.25) is 10.0 Å². The summed E-state index contributed by atoms with van der Waals surface area (Å²) in [7, 11) is -0.834. The zero-order valence-corrected chi connectivity index (χ0v) is 33.0. The topological polar surface area (TPSA) is 232 Å². The van der Waals surface area contributed by atoms with Crippen molar-refractivity contribution in [3.05, 3.63) is 96.2 Å². The third-order valence-electron chi connectivity index (χ3n) is 8.57. The fourth-order valence-corrected chi connectivity index (χ4v) is 6.28. The Morgan fingerprint density at radius 1 is 0.860 bits per heavy atom. The van der Waals surface area contributed by atoms with Crippen molar-refractivity contribution >= 4 is 67.3 Å². The summed E-state index contributed by atoms with van der Waals surface area (Å²) >= 11 is 0. The average Bonchev–Trinajstić information content (AvgIpc) is 3.14. The molecule has 3 amide bonds. The van der Waals surface area contributed by atoms with Gasteiger partial charge in [0, 0.05) is 41.3 Å². The van der Waals surface area contributed by atoms with Gasteiger partial charge in [0.25, 0.3) is 5.91 Å². The van der Waals surface area contributed by atoms with Crippen LogP contribution < -0.4 is 45.9 Å². The molecule has 0 saturated heterocycles. The number of anilines is 5. The van der Waals surface area contributed by atoms with Crippen LogP contribution in [0, 0.1) is 0 Å². The van der Waals surface area contributed by atoms with E-state index < -0.39 is 34.0 Å². The van der Waals surface area contributed by atoms with Crippen LogP contribution in [0.1, 0.15) is 43.1 Å². The van der Waals surface area contributed by atoms with Crippen molar-refractivity contribution in [3.8, 4) is 23.0 Å². The molecule has 1 atom stereocenters. The smallest absolute Gasteiger partial charge is 0.323 e. The molecule has 0 unspecified atom stereocenters. The van der Waals surface area contributed by atoms with Crippen molar-refractivity contribution in [2.75, 3.05) is 47.7 Å². The molecule has 0 aliphatic carbocycles. The number of hydrogen-bond acceptors (Lipinski definition) is 11. The van der Waals surface area contributed by atoms with E-state index in [2.05, 4.69) is 31.0 Å². The zero-order chi connectivity index (χ0) is 41.5. The molecular formula is C40H45N7O9S. The minimum Gasteiger partial charge on any atom is -0.496 e. The van der Waals surface area contributed by atoms with Gasteiger partial charge in [-0.25, -0.2) is 18.2 Å². The number of rotatable bonds is 15. The average molecular weight is 800 g/mol. The number of aromatic nitrogens is 1. The number of urea groups is 1. The third kappa shape index (κ3) is 10.8. The highest BCUT2D eigenvalue weighted by atomic mass is 32.2. The van der Waals surface area contributed by atoms with Crippen LogP contribution in [0.4, 0.5) is 33.4 Å². The number of carboxylic acid groups (broad SMARTS) is 1. The van der Waals surface area contributed by atoms with Crippen LogP contribution in [0.3, 0.4) is 0 Å². The quantitative estimate of drug-likeness (QED) is 0.0591. The van der Waals surface area contributed by atoms with E-state index in [1.165, 1.54) is 14.2 Å². The van der Waals surface area contributed by atoms with Gasteiger partial charge in [0.1, 0.15) is 29.1 Å². The minimum absolute atomic E-state index is 0.0706. The summed E-state index contributed by atoms with van der Waals surface area (Å²) in [6, 6.07) is 20.8. The first kappa shape index (κ1) is 41.6. The van der Waals surface area contributed by atoms with Crippen LogP contribution in [0.25, 0.3) is 10.8 Å². The van der Waals surface area contributed by atoms with E-state index in [0.717, 1.165) is 11.8 Å². The third-order valence-corrected chi connectivity index (χ3v) is 9.16. The Kier molecular flexibility index (Phi) is 12.7. The number of sulfonamides is 1. The first-order valence-electron chi connectivity index (χ1n) is 17.6. The number of nitrogens with one attached hydrogen (secondary N) is 5. The van der Waals surface area contributed by atoms with Gasteiger partial charge in [0.05, 0.1) is 43.1 Å². The van der Waals surface area contributed by atoms with Crippen molar-refractivity contribution < 1.29 is 42.1 Å². The summed E-state index contributed by atoms with van der Waals surface area (Å²) in [4.78, 5) is 41.6. The van der Waals surface area contributed by atoms with Crippen LogP contribution in [-0.4, -0.2) is 69.5 Å². The van der Waals surface area contributed by atoms with Crippen molar-refractivity contribution in [1.29, 1.82) is 0 Å². The highest BCUT2D eigenvalue weighted by Gasteiger charge is 2.23. The molecule has 0 bridgehead atoms. The number of nitrogens with two attached hydrogens (primary N) is 1. The lowest BCUT2D eigenvalue weighted by molar-refractivity contribution is -0.138. The van der Waals surface area contributed by atoms with Crippen LogP contribution >= 0.6 is 0 Å². The van der Waals surface area contributed by atoms with Gasteiger partial charge in [-0.3, -0.25) is 14.3 Å². The van der Waals surface area contributed by atoms with Crippen LogP contribution in [-0.2, 0) is 20.2 Å². The highest BCUT2D eigenvalue weighted by Crippen LogP contribution is 2.40. The molecule has 5 aromatic rings. The molecule has 17 heteroatoms. The summed E-state index contributed by atoms with van der Waals surface area (Å²) in [5.74, 6) is 0.255. The molecule has 300 valence electrons. The number of aliphatic carboxylic acids is 1. The number of hydrogen-bond donors (Lipinski definition) is 7. The predicted octanol–water partition coefficient (Wildman–Crippen LogP) is 6.63. The van der Waals surface area contributed by atoms with Crippen molar-refractivity contribution in [2.24, 2.45) is 5.73 Å². The summed E-state index contributed by atoms with van der Waals surface area (Å²) in [6.45, 7) is 5.98. The molecule has 5 rings (SSSR count). The van der Waals surface area contributed by atoms with Gasteiger partial charge >= 0.3 is 12.0 Å². The first-order valence-corrected chi connectivity index (χ1v) is 19.5. The number of amides is 3. The number of carboxylic acids is 1. The van der Waals surface area contributed by atoms with E-state index in [1.54, 1.807) is 60.8 Å². The van der Waals surface area contributed by atoms with E-state index >= 15 is 0 Å². The Labute approximate surface area is 330 Å². The molecule has 4 aromatic carbocycles. The maximum atomic E-state index is 13.5. The summed E-state index contributed by atoms with van der Waals surface area (Å²) in [5, 5.41) is 21.9. The maximum Gasteiger partial charge on any atom is 0.323 e. The molecule has 57 heavy (non-hydrogen) atoms. The summed E-state index contributed by atoms with van der Waals surface area (Å²) in [5.41, 5.74) is 7.69. The Morgan fingerprint density at radius 2 is 1.56 bits per heavy atom. The van der Waals surface area contributed by atoms with Gasteiger partial charge in [-0.05, 0) is 59.9 Å². The van der Waals surface area contributed by atoms with Gasteiger partial charge in [-0.15, -0.1) is 0 Å². The zero-order valence-electron chi connectivity index (χ0n) is 32.2. The lowest BCUT2D eigenvalue weighted by atomic mass is 9.86. The number of carbonyl (C=O) groups is 3. The van der Waals surface area contributed by atoms with E-state index in [1.807, 2.05) is 45.0 Å². The van der Waals surface area contributed by atoms with Gasteiger partial charge < -0.3 is 46.3 Å². The molecule has 0 aliphatic heterocycles. The number of carbonyl (C=O) groups excluding carboxylic acids is 2. The Bertz CT molecular complexity index is 2420. The molecule has 0 fully saturated rings. The molecular weight excluding hydrogens is 755 g/mol. The summed E-state index contributed by atoms with van der Waals surface area (Å²) < 4.78 is 44.1. The SMILES string of the molecule is COc1cc(Nc2cc(Oc3ccc(NC(=O)Nc4cc(C(C)(C)C)cc(NS(C)(=O)=O)c4OC)c4ccccc34)ccn2)ccc1C(=O)NCC[C@H](N)C(=O)O. The van der Waals surface area contributed by atoms with Crippen molar-refractivity contribution in [1.82, 2.24) is 10.3 Å². The molecule has 8 N–H and O–H groups in total. The number of benzene rings is 4. The number of pyridine rings is 1. The Morgan fingerprint density at radius 3 is 2.23 bits per heavy atom.